The number of likely N-dealkylation sites (N-methyl/N-ethyl adjacent to an activating group) is 1. The molecule has 2 aromatic rings. The van der Waals surface area contributed by atoms with Gasteiger partial charge in [0.25, 0.3) is 5.91 Å². The average Bonchev–Trinajstić information content (AvgIpc) is 2.69. The van der Waals surface area contributed by atoms with Gasteiger partial charge in [0, 0.05) is 23.9 Å². The molecule has 0 radical (unpaired) electrons. The van der Waals surface area contributed by atoms with Crippen LogP contribution in [0.1, 0.15) is 17.3 Å². The summed E-state index contributed by atoms with van der Waals surface area (Å²) in [5.74, 6) is -0.515. The quantitative estimate of drug-likeness (QED) is 0.656. The Morgan fingerprint density at radius 2 is 1.41 bits per heavy atom. The molecule has 8 nitrogen and oxygen atoms in total. The smallest absolute Gasteiger partial charge is 0.255 e. The van der Waals surface area contributed by atoms with E-state index in [-0.39, 0.29) is 16.7 Å². The van der Waals surface area contributed by atoms with E-state index in [1.807, 2.05) is 7.05 Å². The van der Waals surface area contributed by atoms with Crippen LogP contribution in [0.5, 0.6) is 0 Å². The van der Waals surface area contributed by atoms with Gasteiger partial charge >= 0.3 is 0 Å². The third kappa shape index (κ3) is 5.20. The fourth-order valence-corrected chi connectivity index (χ4v) is 4.52. The lowest BCUT2D eigenvalue weighted by molar-refractivity contribution is -0.883. The van der Waals surface area contributed by atoms with Crippen LogP contribution < -0.4 is 15.5 Å². The normalized spacial score (nSPS) is 15.7. The van der Waals surface area contributed by atoms with Crippen molar-refractivity contribution in [1.82, 2.24) is 4.31 Å². The van der Waals surface area contributed by atoms with Crippen molar-refractivity contribution in [1.29, 1.82) is 0 Å². The summed E-state index contributed by atoms with van der Waals surface area (Å²) < 4.78 is 27.0. The highest BCUT2D eigenvalue weighted by Gasteiger charge is 2.29. The molecule has 3 rings (SSSR count). The highest BCUT2D eigenvalue weighted by atomic mass is 32.2. The molecule has 1 heterocycles. The minimum absolute atomic E-state index is 0.172. The highest BCUT2D eigenvalue weighted by molar-refractivity contribution is 7.89. The predicted octanol–water partition coefficient (Wildman–Crippen LogP) is 0.416. The summed E-state index contributed by atoms with van der Waals surface area (Å²) >= 11 is 0. The van der Waals surface area contributed by atoms with E-state index >= 15 is 0 Å². The number of benzene rings is 2. The van der Waals surface area contributed by atoms with Crippen LogP contribution in [0.3, 0.4) is 0 Å². The van der Waals surface area contributed by atoms with Crippen LogP contribution >= 0.6 is 0 Å². The van der Waals surface area contributed by atoms with Gasteiger partial charge in [-0.1, -0.05) is 0 Å². The van der Waals surface area contributed by atoms with Crippen molar-refractivity contribution < 1.29 is 22.9 Å². The van der Waals surface area contributed by atoms with Crippen molar-refractivity contribution in [2.75, 3.05) is 43.9 Å². The number of carbonyl (C=O) groups is 2. The van der Waals surface area contributed by atoms with Gasteiger partial charge in [-0.05, 0) is 48.5 Å². The second kappa shape index (κ2) is 8.73. The molecule has 1 aliphatic rings. The van der Waals surface area contributed by atoms with Crippen molar-refractivity contribution in [3.63, 3.8) is 0 Å². The maximum absolute atomic E-state index is 12.8. The summed E-state index contributed by atoms with van der Waals surface area (Å²) in [5.41, 5.74) is 1.56. The molecular weight excluding hydrogens is 392 g/mol. The van der Waals surface area contributed by atoms with Gasteiger partial charge in [-0.25, -0.2) is 8.42 Å². The number of amides is 2. The van der Waals surface area contributed by atoms with Crippen molar-refractivity contribution in [3.05, 3.63) is 54.1 Å². The topological polar surface area (TPSA) is 100 Å². The Kier molecular flexibility index (Phi) is 6.31. The Hall–Kier alpha value is -2.75. The van der Waals surface area contributed by atoms with Crippen LogP contribution in [0.2, 0.25) is 0 Å². The molecule has 2 aromatic carbocycles. The Bertz CT molecular complexity index is 980. The molecule has 0 aromatic heterocycles. The number of nitrogens with one attached hydrogen (secondary N) is 3. The number of hydrogen-bond acceptors (Lipinski definition) is 4. The Balaban J connectivity index is 1.66. The van der Waals surface area contributed by atoms with E-state index in [2.05, 4.69) is 10.6 Å². The molecule has 0 aliphatic carbocycles. The molecule has 0 spiro atoms. The minimum atomic E-state index is -3.55. The zero-order chi connectivity index (χ0) is 21.0. The summed E-state index contributed by atoms with van der Waals surface area (Å²) in [6, 6.07) is 12.7. The first-order valence-corrected chi connectivity index (χ1v) is 10.8. The van der Waals surface area contributed by atoms with Crippen LogP contribution in [0, 0.1) is 0 Å². The van der Waals surface area contributed by atoms with Crippen LogP contribution in [0.4, 0.5) is 11.4 Å². The van der Waals surface area contributed by atoms with Crippen LogP contribution in [-0.4, -0.2) is 57.8 Å². The number of rotatable bonds is 5. The van der Waals surface area contributed by atoms with Gasteiger partial charge in [-0.2, -0.15) is 4.31 Å². The lowest BCUT2D eigenvalue weighted by Crippen LogP contribution is -3.12. The summed E-state index contributed by atoms with van der Waals surface area (Å²) in [7, 11) is -1.50. The van der Waals surface area contributed by atoms with E-state index in [0.717, 1.165) is 13.1 Å². The summed E-state index contributed by atoms with van der Waals surface area (Å²) in [4.78, 5) is 25.0. The maximum Gasteiger partial charge on any atom is 0.255 e. The lowest BCUT2D eigenvalue weighted by Gasteiger charge is -2.29. The van der Waals surface area contributed by atoms with Gasteiger partial charge in [-0.15, -0.1) is 0 Å². The van der Waals surface area contributed by atoms with Gasteiger partial charge in [0.1, 0.15) is 0 Å². The van der Waals surface area contributed by atoms with Crippen molar-refractivity contribution in [2.45, 2.75) is 11.8 Å². The molecule has 29 heavy (non-hydrogen) atoms. The summed E-state index contributed by atoms with van der Waals surface area (Å²) in [6.45, 7) is 3.96. The maximum atomic E-state index is 12.8. The molecule has 154 valence electrons. The summed E-state index contributed by atoms with van der Waals surface area (Å²) in [5, 5.41) is 5.40. The monoisotopic (exact) mass is 417 g/mol. The highest BCUT2D eigenvalue weighted by Crippen LogP contribution is 2.18. The van der Waals surface area contributed by atoms with E-state index in [4.69, 9.17) is 0 Å². The van der Waals surface area contributed by atoms with Gasteiger partial charge in [-0.3, -0.25) is 9.59 Å². The van der Waals surface area contributed by atoms with E-state index in [0.29, 0.717) is 30.0 Å². The molecule has 0 bridgehead atoms. The van der Waals surface area contributed by atoms with Gasteiger partial charge < -0.3 is 15.5 Å². The average molecular weight is 418 g/mol. The Morgan fingerprint density at radius 1 is 0.897 bits per heavy atom. The van der Waals surface area contributed by atoms with Crippen molar-refractivity contribution in [2.24, 2.45) is 0 Å². The van der Waals surface area contributed by atoms with Gasteiger partial charge in [0.05, 0.1) is 38.1 Å². The third-order valence-corrected chi connectivity index (χ3v) is 6.71. The molecule has 9 heteroatoms. The number of piperazine rings is 1. The molecule has 1 fully saturated rings. The molecule has 1 aliphatic heterocycles. The number of anilines is 2. The zero-order valence-corrected chi connectivity index (χ0v) is 17.3. The van der Waals surface area contributed by atoms with Crippen LogP contribution in [-0.2, 0) is 14.8 Å². The van der Waals surface area contributed by atoms with Gasteiger partial charge in [0.15, 0.2) is 0 Å². The molecule has 1 saturated heterocycles. The number of hydrogen-bond donors (Lipinski definition) is 3. The Morgan fingerprint density at radius 3 is 1.93 bits per heavy atom. The van der Waals surface area contributed by atoms with E-state index in [9.17, 15) is 18.0 Å². The first-order valence-electron chi connectivity index (χ1n) is 9.36. The van der Waals surface area contributed by atoms with E-state index < -0.39 is 10.0 Å². The number of sulfonamides is 1. The van der Waals surface area contributed by atoms with E-state index in [1.54, 1.807) is 24.3 Å². The SMILES string of the molecule is CC(=O)Nc1ccc(NC(=O)c2ccc(S(=O)(=O)N3CC[NH+](C)CC3)cc2)cc1. The molecule has 0 unspecified atom stereocenters. The molecule has 0 saturated carbocycles. The molecule has 2 amide bonds. The number of quaternary nitrogens is 1. The minimum Gasteiger partial charge on any atom is -0.335 e. The predicted molar refractivity (Wildman–Crippen MR) is 111 cm³/mol. The second-order valence-electron chi connectivity index (χ2n) is 7.10. The fraction of sp³-hybridized carbons (Fsp3) is 0.300. The van der Waals surface area contributed by atoms with Crippen LogP contribution in [0.25, 0.3) is 0 Å². The molecular formula is C20H25N4O4S+. The van der Waals surface area contributed by atoms with E-state index in [1.165, 1.54) is 40.4 Å². The Labute approximate surface area is 170 Å². The lowest BCUT2D eigenvalue weighted by atomic mass is 10.2. The van der Waals surface area contributed by atoms with Crippen LogP contribution in [0.15, 0.2) is 53.4 Å². The van der Waals surface area contributed by atoms with Crippen molar-refractivity contribution >= 4 is 33.2 Å². The van der Waals surface area contributed by atoms with Crippen molar-refractivity contribution in [3.8, 4) is 0 Å². The first kappa shape index (κ1) is 21.0. The zero-order valence-electron chi connectivity index (χ0n) is 16.4. The number of carbonyl (C=O) groups excluding carboxylic acids is 2. The van der Waals surface area contributed by atoms with Gasteiger partial charge in [0.2, 0.25) is 15.9 Å². The standard InChI is InChI=1S/C20H24N4O4S/c1-15(25)21-17-5-7-18(8-6-17)22-20(26)16-3-9-19(10-4-16)29(27,28)24-13-11-23(2)12-14-24/h3-10H,11-14H2,1-2H3,(H,21,25)(H,22,26)/p+1. The summed E-state index contributed by atoms with van der Waals surface area (Å²) in [6.07, 6.45) is 0. The second-order valence-corrected chi connectivity index (χ2v) is 9.04. The molecule has 3 N–H and O–H groups in total. The third-order valence-electron chi connectivity index (χ3n) is 4.79. The first-order chi connectivity index (χ1) is 13.8. The molecule has 0 atom stereocenters. The largest absolute Gasteiger partial charge is 0.335 e. The fourth-order valence-electron chi connectivity index (χ4n) is 3.08. The number of nitrogens with zero attached hydrogens (tertiary/aromatic N) is 1.